The minimum Gasteiger partial charge on any atom is -0.490 e. The van der Waals surface area contributed by atoms with Crippen LogP contribution in [0.1, 0.15) is 40.2 Å². The lowest BCUT2D eigenvalue weighted by atomic mass is 9.97. The van der Waals surface area contributed by atoms with Crippen molar-refractivity contribution in [2.24, 2.45) is 0 Å². The highest BCUT2D eigenvalue weighted by Crippen LogP contribution is 2.42. The molecule has 8 nitrogen and oxygen atoms in total. The summed E-state index contributed by atoms with van der Waals surface area (Å²) in [6, 6.07) is 13.5. The second kappa shape index (κ2) is 9.83. The van der Waals surface area contributed by atoms with Gasteiger partial charge in [-0.2, -0.15) is 0 Å². The molecule has 4 aromatic rings. The highest BCUT2D eigenvalue weighted by atomic mass is 19.1. The number of rotatable bonds is 8. The number of ether oxygens (including phenoxy) is 4. The Bertz CT molecular complexity index is 1680. The number of nitrogens with zero attached hydrogens (tertiary/aromatic N) is 1. The van der Waals surface area contributed by atoms with Crippen LogP contribution in [-0.4, -0.2) is 30.8 Å². The highest BCUT2D eigenvalue weighted by molar-refractivity contribution is 5.99. The van der Waals surface area contributed by atoms with Crippen LogP contribution in [0.4, 0.5) is 4.39 Å². The summed E-state index contributed by atoms with van der Waals surface area (Å²) in [5.74, 6) is 1.04. The van der Waals surface area contributed by atoms with Gasteiger partial charge >= 0.3 is 0 Å². The first-order valence-electron chi connectivity index (χ1n) is 12.4. The number of hydrogen-bond donors (Lipinski definition) is 0. The topological polar surface area (TPSA) is 87.4 Å². The normalized spacial score (nSPS) is 15.5. The molecule has 6 rings (SSSR count). The maximum absolute atomic E-state index is 14.1. The molecule has 0 N–H and O–H groups in total. The van der Waals surface area contributed by atoms with E-state index in [9.17, 15) is 14.0 Å². The number of carbonyl (C=O) groups excluding carboxylic acids is 1. The van der Waals surface area contributed by atoms with Gasteiger partial charge in [0.25, 0.3) is 5.91 Å². The van der Waals surface area contributed by atoms with Crippen molar-refractivity contribution < 1.29 is 32.5 Å². The molecular formula is C30H24FNO7. The molecule has 0 saturated heterocycles. The smallest absolute Gasteiger partial charge is 0.291 e. The zero-order valence-electron chi connectivity index (χ0n) is 21.1. The average Bonchev–Trinajstić information content (AvgIpc) is 3.51. The summed E-state index contributed by atoms with van der Waals surface area (Å²) >= 11 is 0. The summed E-state index contributed by atoms with van der Waals surface area (Å²) < 4.78 is 42.5. The maximum atomic E-state index is 14.1. The van der Waals surface area contributed by atoms with E-state index in [1.54, 1.807) is 41.3 Å². The Hall–Kier alpha value is -4.79. The van der Waals surface area contributed by atoms with Crippen molar-refractivity contribution >= 4 is 16.9 Å². The summed E-state index contributed by atoms with van der Waals surface area (Å²) in [5, 5.41) is 0.0625. The van der Waals surface area contributed by atoms with Gasteiger partial charge in [-0.15, -0.1) is 0 Å². The van der Waals surface area contributed by atoms with Crippen LogP contribution in [0.15, 0.2) is 76.5 Å². The van der Waals surface area contributed by atoms with Crippen molar-refractivity contribution in [3.8, 4) is 23.0 Å². The highest BCUT2D eigenvalue weighted by Gasteiger charge is 2.43. The molecule has 1 unspecified atom stereocenters. The second-order valence-corrected chi connectivity index (χ2v) is 9.08. The van der Waals surface area contributed by atoms with Gasteiger partial charge in [0, 0.05) is 6.54 Å². The quantitative estimate of drug-likeness (QED) is 0.284. The molecule has 1 atom stereocenters. The van der Waals surface area contributed by atoms with E-state index in [-0.39, 0.29) is 42.2 Å². The zero-order chi connectivity index (χ0) is 27.1. The number of halogens is 1. The van der Waals surface area contributed by atoms with Gasteiger partial charge in [-0.05, 0) is 60.5 Å². The molecule has 0 fully saturated rings. The van der Waals surface area contributed by atoms with Crippen LogP contribution in [0.5, 0.6) is 23.0 Å². The Morgan fingerprint density at radius 2 is 1.87 bits per heavy atom. The van der Waals surface area contributed by atoms with Crippen molar-refractivity contribution in [2.45, 2.75) is 19.5 Å². The molecule has 0 radical (unpaired) electrons. The van der Waals surface area contributed by atoms with Crippen LogP contribution >= 0.6 is 0 Å². The molecule has 0 saturated carbocycles. The monoisotopic (exact) mass is 529 g/mol. The number of carbonyl (C=O) groups is 1. The Morgan fingerprint density at radius 1 is 1.03 bits per heavy atom. The van der Waals surface area contributed by atoms with E-state index < -0.39 is 23.2 Å². The van der Waals surface area contributed by atoms with Crippen LogP contribution < -0.4 is 24.4 Å². The number of hydrogen-bond acceptors (Lipinski definition) is 7. The van der Waals surface area contributed by atoms with Crippen molar-refractivity contribution in [1.29, 1.82) is 0 Å². The van der Waals surface area contributed by atoms with Gasteiger partial charge in [0.2, 0.25) is 12.6 Å². The predicted octanol–water partition coefficient (Wildman–Crippen LogP) is 5.37. The van der Waals surface area contributed by atoms with Gasteiger partial charge in [-0.1, -0.05) is 24.8 Å². The van der Waals surface area contributed by atoms with Crippen molar-refractivity contribution in [2.75, 3.05) is 20.0 Å². The minimum atomic E-state index is -0.825. The fourth-order valence-corrected chi connectivity index (χ4v) is 4.97. The van der Waals surface area contributed by atoms with E-state index >= 15 is 0 Å². The third-order valence-corrected chi connectivity index (χ3v) is 6.66. The van der Waals surface area contributed by atoms with Crippen LogP contribution in [0, 0.1) is 5.82 Å². The van der Waals surface area contributed by atoms with Crippen molar-refractivity contribution in [3.05, 3.63) is 106 Å². The summed E-state index contributed by atoms with van der Waals surface area (Å²) in [4.78, 5) is 29.1. The summed E-state index contributed by atoms with van der Waals surface area (Å²) in [5.41, 5.74) is 1.19. The van der Waals surface area contributed by atoms with E-state index in [1.807, 2.05) is 13.0 Å². The van der Waals surface area contributed by atoms with Crippen molar-refractivity contribution in [3.63, 3.8) is 0 Å². The van der Waals surface area contributed by atoms with Crippen LogP contribution in [0.25, 0.3) is 11.0 Å². The van der Waals surface area contributed by atoms with E-state index in [2.05, 4.69) is 6.58 Å². The molecule has 0 spiro atoms. The molecule has 2 aliphatic heterocycles. The van der Waals surface area contributed by atoms with Crippen LogP contribution in [0.3, 0.4) is 0 Å². The lowest BCUT2D eigenvalue weighted by Crippen LogP contribution is -2.29. The lowest BCUT2D eigenvalue weighted by molar-refractivity contribution is 0.0714. The molecular weight excluding hydrogens is 505 g/mol. The van der Waals surface area contributed by atoms with Crippen LogP contribution in [-0.2, 0) is 6.54 Å². The molecule has 2 aliphatic rings. The first-order valence-corrected chi connectivity index (χ1v) is 12.4. The molecule has 39 heavy (non-hydrogen) atoms. The number of amides is 1. The molecule has 1 aromatic heterocycles. The third kappa shape index (κ3) is 4.25. The average molecular weight is 530 g/mol. The fraction of sp³-hybridized carbons (Fsp3) is 0.200. The van der Waals surface area contributed by atoms with Crippen LogP contribution in [0.2, 0.25) is 0 Å². The Balaban J connectivity index is 1.51. The molecule has 3 heterocycles. The van der Waals surface area contributed by atoms with Gasteiger partial charge in [0.15, 0.2) is 28.4 Å². The first kappa shape index (κ1) is 24.5. The summed E-state index contributed by atoms with van der Waals surface area (Å²) in [7, 11) is 0. The molecule has 198 valence electrons. The Kier molecular flexibility index (Phi) is 6.18. The van der Waals surface area contributed by atoms with E-state index in [4.69, 9.17) is 23.4 Å². The standard InChI is InChI=1S/C30H24FNO7/c1-3-11-36-22-9-6-18(13-25(22)35-4-2)27-26-28(33)20-14-19(31)7-10-21(20)39-29(26)30(34)32(27)15-17-5-8-23-24(12-17)38-16-37-23/h3,5-10,12-14,27H,1,4,11,15-16H2,2H3. The summed E-state index contributed by atoms with van der Waals surface area (Å²) in [6.07, 6.45) is 1.62. The van der Waals surface area contributed by atoms with Gasteiger partial charge < -0.3 is 28.3 Å². The molecule has 0 aliphatic carbocycles. The maximum Gasteiger partial charge on any atom is 0.291 e. The van der Waals surface area contributed by atoms with E-state index in [0.29, 0.717) is 35.2 Å². The van der Waals surface area contributed by atoms with Crippen molar-refractivity contribution in [1.82, 2.24) is 4.90 Å². The SMILES string of the molecule is C=CCOc1ccc(C2c3c(oc4ccc(F)cc4c3=O)C(=O)N2Cc2ccc3c(c2)OCO3)cc1OCC. The van der Waals surface area contributed by atoms with E-state index in [1.165, 1.54) is 12.1 Å². The van der Waals surface area contributed by atoms with Gasteiger partial charge in [0.05, 0.1) is 23.6 Å². The van der Waals surface area contributed by atoms with Gasteiger partial charge in [-0.3, -0.25) is 9.59 Å². The van der Waals surface area contributed by atoms with E-state index in [0.717, 1.165) is 11.6 Å². The minimum absolute atomic E-state index is 0.0625. The largest absolute Gasteiger partial charge is 0.490 e. The second-order valence-electron chi connectivity index (χ2n) is 9.08. The van der Waals surface area contributed by atoms with Gasteiger partial charge in [0.1, 0.15) is 18.0 Å². The fourth-order valence-electron chi connectivity index (χ4n) is 4.97. The zero-order valence-corrected chi connectivity index (χ0v) is 21.1. The first-order chi connectivity index (χ1) is 19.0. The molecule has 0 bridgehead atoms. The molecule has 3 aromatic carbocycles. The number of benzene rings is 3. The lowest BCUT2D eigenvalue weighted by Gasteiger charge is -2.26. The predicted molar refractivity (Wildman–Crippen MR) is 140 cm³/mol. The molecule has 1 amide bonds. The Morgan fingerprint density at radius 3 is 2.69 bits per heavy atom. The van der Waals surface area contributed by atoms with Gasteiger partial charge in [-0.25, -0.2) is 4.39 Å². The Labute approximate surface area is 222 Å². The number of fused-ring (bicyclic) bond motifs is 3. The summed E-state index contributed by atoms with van der Waals surface area (Å²) in [6.45, 7) is 6.45. The molecule has 9 heteroatoms. The third-order valence-electron chi connectivity index (χ3n) is 6.66.